The summed E-state index contributed by atoms with van der Waals surface area (Å²) in [5, 5.41) is 0. The fraction of sp³-hybridized carbons (Fsp3) is 0.462. The molecule has 0 saturated heterocycles. The first-order chi connectivity index (χ1) is 38.6. The van der Waals surface area contributed by atoms with Crippen molar-refractivity contribution in [2.24, 2.45) is 0 Å². The molecule has 0 bridgehead atoms. The van der Waals surface area contributed by atoms with Crippen LogP contribution in [0.2, 0.25) is 0 Å². The smallest absolute Gasteiger partial charge is 0.282 e. The summed E-state index contributed by atoms with van der Waals surface area (Å²) in [5.74, 6) is 0. The number of benzene rings is 6. The zero-order valence-electron chi connectivity index (χ0n) is 54.8. The van der Waals surface area contributed by atoms with Crippen LogP contribution in [-0.2, 0) is 70.4 Å². The van der Waals surface area contributed by atoms with Crippen LogP contribution in [0.15, 0.2) is 91.0 Å². The van der Waals surface area contributed by atoms with Gasteiger partial charge in [0, 0.05) is 0 Å². The van der Waals surface area contributed by atoms with Crippen molar-refractivity contribution in [3.8, 4) is 0 Å². The van der Waals surface area contributed by atoms with Gasteiger partial charge in [-0.2, -0.15) is 0 Å². The molecule has 0 saturated carbocycles. The lowest BCUT2D eigenvalue weighted by Crippen LogP contribution is -2.35. The minimum atomic E-state index is -4.10. The van der Waals surface area contributed by atoms with E-state index in [9.17, 15) is 4.57 Å². The Hall–Kier alpha value is -5.35. The number of hydrogen-bond donors (Lipinski definition) is 0. The second-order valence-electron chi connectivity index (χ2n) is 29.6. The Morgan fingerprint density at radius 1 is 0.373 bits per heavy atom. The van der Waals surface area contributed by atoms with E-state index in [1.165, 1.54) is 139 Å². The molecule has 4 nitrogen and oxygen atoms in total. The highest BCUT2D eigenvalue weighted by atomic mass is 31.2. The number of aryl methyl sites for hydroxylation is 3. The van der Waals surface area contributed by atoms with Crippen LogP contribution in [0.1, 0.15) is 259 Å². The van der Waals surface area contributed by atoms with Crippen molar-refractivity contribution in [3.05, 3.63) is 208 Å². The van der Waals surface area contributed by atoms with Crippen molar-refractivity contribution < 1.29 is 18.1 Å². The predicted octanol–water partition coefficient (Wildman–Crippen LogP) is 22.3. The Kier molecular flexibility index (Phi) is 17.1. The molecule has 3 aliphatic rings. The number of hydrogen-bond acceptors (Lipinski definition) is 4. The molecule has 440 valence electrons. The van der Waals surface area contributed by atoms with Gasteiger partial charge in [0.05, 0.1) is 19.8 Å². The first-order valence-corrected chi connectivity index (χ1v) is 32.4. The minimum absolute atomic E-state index is 0.0621. The molecular weight excluding hydrogens is 1030 g/mol. The highest BCUT2D eigenvalue weighted by molar-refractivity contribution is 7.48. The Bertz CT molecular complexity index is 3230. The van der Waals surface area contributed by atoms with E-state index in [4.69, 9.17) is 13.6 Å². The summed E-state index contributed by atoms with van der Waals surface area (Å²) in [7, 11) is -4.10. The van der Waals surface area contributed by atoms with Gasteiger partial charge in [0.2, 0.25) is 0 Å². The molecule has 0 atom stereocenters. The van der Waals surface area contributed by atoms with Gasteiger partial charge in [-0.3, -0.25) is 13.6 Å². The summed E-state index contributed by atoms with van der Waals surface area (Å²) >= 11 is 0. The molecule has 6 aromatic carbocycles. The van der Waals surface area contributed by atoms with E-state index in [1.54, 1.807) is 0 Å². The number of allylic oxidation sites excluding steroid dienone is 3. The lowest BCUT2D eigenvalue weighted by atomic mass is 9.61. The van der Waals surface area contributed by atoms with E-state index >= 15 is 0 Å². The molecule has 0 amide bonds. The van der Waals surface area contributed by atoms with Gasteiger partial charge in [-0.1, -0.05) is 192 Å². The summed E-state index contributed by atoms with van der Waals surface area (Å²) in [6, 6.07) is 32.4. The molecule has 0 radical (unpaired) electrons. The third kappa shape index (κ3) is 12.7. The van der Waals surface area contributed by atoms with Gasteiger partial charge in [-0.25, -0.2) is 4.57 Å². The van der Waals surface area contributed by atoms with E-state index < -0.39 is 7.82 Å². The summed E-state index contributed by atoms with van der Waals surface area (Å²) in [4.78, 5) is 0. The number of fused-ring (bicyclic) bond motifs is 3. The summed E-state index contributed by atoms with van der Waals surface area (Å²) in [6.07, 6.45) is 14.0. The van der Waals surface area contributed by atoms with Gasteiger partial charge in [-0.15, -0.1) is 0 Å². The normalized spacial score (nSPS) is 18.8. The molecule has 5 heteroatoms. The maximum absolute atomic E-state index is 14.9. The lowest BCUT2D eigenvalue weighted by molar-refractivity contribution is 0.0978. The summed E-state index contributed by atoms with van der Waals surface area (Å²) < 4.78 is 33.7. The fourth-order valence-corrected chi connectivity index (χ4v) is 16.5. The average molecular weight is 1130 g/mol. The largest absolute Gasteiger partial charge is 0.475 e. The van der Waals surface area contributed by atoms with Gasteiger partial charge in [0.15, 0.2) is 0 Å². The second-order valence-corrected chi connectivity index (χ2v) is 31.3. The van der Waals surface area contributed by atoms with Crippen LogP contribution in [0.3, 0.4) is 0 Å². The van der Waals surface area contributed by atoms with Crippen molar-refractivity contribution in [1.82, 2.24) is 0 Å². The van der Waals surface area contributed by atoms with E-state index in [1.807, 2.05) is 36.4 Å². The zero-order chi connectivity index (χ0) is 60.6. The molecule has 0 N–H and O–H groups in total. The van der Waals surface area contributed by atoms with Crippen molar-refractivity contribution in [3.63, 3.8) is 0 Å². The molecule has 0 heterocycles. The van der Waals surface area contributed by atoms with Crippen LogP contribution >= 0.6 is 7.82 Å². The number of phosphoric ester groups is 1. The van der Waals surface area contributed by atoms with Crippen LogP contribution in [0, 0.1) is 41.5 Å². The van der Waals surface area contributed by atoms with E-state index in [0.29, 0.717) is 0 Å². The van der Waals surface area contributed by atoms with Crippen molar-refractivity contribution in [2.45, 2.75) is 236 Å². The Morgan fingerprint density at radius 3 is 0.819 bits per heavy atom. The van der Waals surface area contributed by atoms with Crippen LogP contribution < -0.4 is 0 Å². The predicted molar refractivity (Wildman–Crippen MR) is 356 cm³/mol. The van der Waals surface area contributed by atoms with Gasteiger partial charge < -0.3 is 0 Å². The molecule has 6 aromatic rings. The van der Waals surface area contributed by atoms with Crippen LogP contribution in [0.4, 0.5) is 0 Å². The number of rotatable bonds is 15. The van der Waals surface area contributed by atoms with E-state index in [2.05, 4.69) is 218 Å². The van der Waals surface area contributed by atoms with Gasteiger partial charge in [-0.05, 0) is 267 Å². The summed E-state index contributed by atoms with van der Waals surface area (Å²) in [6.45, 7) is 49.5. The Morgan fingerprint density at radius 2 is 0.590 bits per heavy atom. The third-order valence-corrected chi connectivity index (χ3v) is 21.4. The quantitative estimate of drug-likeness (QED) is 0.0759. The van der Waals surface area contributed by atoms with E-state index in [-0.39, 0.29) is 52.3 Å². The molecule has 0 aromatic heterocycles. The third-order valence-electron chi connectivity index (χ3n) is 20.1. The highest BCUT2D eigenvalue weighted by Crippen LogP contribution is 2.54. The first kappa shape index (κ1) is 62.2. The molecule has 0 aliphatic heterocycles. The maximum Gasteiger partial charge on any atom is 0.475 e. The monoisotopic (exact) mass is 1130 g/mol. The molecule has 0 fully saturated rings. The van der Waals surface area contributed by atoms with Crippen LogP contribution in [0.5, 0.6) is 0 Å². The Labute approximate surface area is 502 Å². The van der Waals surface area contributed by atoms with E-state index in [0.717, 1.165) is 33.4 Å². The zero-order valence-corrected chi connectivity index (χ0v) is 55.7. The van der Waals surface area contributed by atoms with Crippen molar-refractivity contribution in [2.75, 3.05) is 0 Å². The fourth-order valence-electron chi connectivity index (χ4n) is 15.3. The van der Waals surface area contributed by atoms with Gasteiger partial charge in [0.25, 0.3) is 0 Å². The topological polar surface area (TPSA) is 44.8 Å². The van der Waals surface area contributed by atoms with Crippen LogP contribution in [-0.4, -0.2) is 0 Å². The van der Waals surface area contributed by atoms with Gasteiger partial charge in [0.1, 0.15) is 0 Å². The SMILES string of the molecule is C/C(=C\c1ccc(COP(=O)(OCc2ccc(/C=C(\C)c3c(C)cc4c(c3C)C(C)(C)CCC4(C)C)cc2)OCc2ccc(/C=C(\C)c3c(C)cc4c(c3C)C(C)(C)CCC4(C)C)cc2)cc1)c1c(C)cc2c(c1C)C(C)(C)CCC2(C)C. The second kappa shape index (κ2) is 22.8. The number of phosphoric acid groups is 1. The first-order valence-electron chi connectivity index (χ1n) is 31.0. The standard InChI is InChI=1S/C78H99O4P/c1-49(67-52(4)43-64-70(55(67)7)76(16,17)37-34-73(64,10)11)40-58-22-28-61(29-23-58)46-80-83(79,81-47-62-30-24-59(25-31-62)41-50(2)68-53(5)44-65-71(56(68)8)77(18,19)38-35-74(65,12)13)82-48-63-32-26-60(27-33-63)42-51(3)69-54(6)45-66-72(57(69)9)78(20,21)39-36-75(66,14)15/h22-33,40-45H,34-39,46-48H2,1-21H3/b49-40+,50-41+,51-42+. The molecule has 9 rings (SSSR count). The molecule has 83 heavy (non-hydrogen) atoms. The Balaban J connectivity index is 0.937. The van der Waals surface area contributed by atoms with Crippen molar-refractivity contribution >= 4 is 42.8 Å². The molecule has 0 unspecified atom stereocenters. The highest BCUT2D eigenvalue weighted by Gasteiger charge is 2.42. The molecule has 3 aliphatic carbocycles. The van der Waals surface area contributed by atoms with Crippen LogP contribution in [0.25, 0.3) is 34.9 Å². The molecule has 0 spiro atoms. The maximum atomic E-state index is 14.9. The van der Waals surface area contributed by atoms with Crippen molar-refractivity contribution in [1.29, 1.82) is 0 Å². The summed E-state index contributed by atoms with van der Waals surface area (Å²) in [5.41, 5.74) is 31.8. The average Bonchev–Trinajstić information content (AvgIpc) is 1.11. The lowest BCUT2D eigenvalue weighted by Gasteiger charge is -2.44. The molecular formula is C78H99O4P. The minimum Gasteiger partial charge on any atom is -0.282 e. The van der Waals surface area contributed by atoms with Gasteiger partial charge >= 0.3 is 7.82 Å².